The van der Waals surface area contributed by atoms with Gasteiger partial charge in [-0.15, -0.1) is 0 Å². The highest BCUT2D eigenvalue weighted by atomic mass is 15.1. The SMILES string of the molecule is CC(CCN(C)CC1CCN(C)C1)c1ccc(N)cc1. The fraction of sp³-hybridized carbons (Fsp3) is 0.647. The lowest BCUT2D eigenvalue weighted by Crippen LogP contribution is -2.28. The van der Waals surface area contributed by atoms with Crippen molar-refractivity contribution < 1.29 is 0 Å². The topological polar surface area (TPSA) is 32.5 Å². The van der Waals surface area contributed by atoms with E-state index in [1.165, 1.54) is 44.6 Å². The van der Waals surface area contributed by atoms with Gasteiger partial charge in [-0.3, -0.25) is 0 Å². The van der Waals surface area contributed by atoms with E-state index in [9.17, 15) is 0 Å². The average molecular weight is 275 g/mol. The van der Waals surface area contributed by atoms with Crippen molar-refractivity contribution in [1.29, 1.82) is 0 Å². The number of hydrogen-bond acceptors (Lipinski definition) is 3. The Labute approximate surface area is 123 Å². The number of benzene rings is 1. The number of likely N-dealkylation sites (tertiary alicyclic amines) is 1. The molecule has 1 aromatic rings. The summed E-state index contributed by atoms with van der Waals surface area (Å²) in [5, 5.41) is 0. The van der Waals surface area contributed by atoms with Crippen LogP contribution in [0.2, 0.25) is 0 Å². The van der Waals surface area contributed by atoms with E-state index in [1.54, 1.807) is 0 Å². The smallest absolute Gasteiger partial charge is 0.0314 e. The van der Waals surface area contributed by atoms with Crippen LogP contribution in [0.25, 0.3) is 0 Å². The number of hydrogen-bond donors (Lipinski definition) is 1. The van der Waals surface area contributed by atoms with Crippen LogP contribution in [0.5, 0.6) is 0 Å². The van der Waals surface area contributed by atoms with E-state index < -0.39 is 0 Å². The molecule has 0 amide bonds. The van der Waals surface area contributed by atoms with Crippen molar-refractivity contribution in [2.24, 2.45) is 5.92 Å². The Kier molecular flexibility index (Phi) is 5.44. The third-order valence-electron chi connectivity index (χ3n) is 4.51. The quantitative estimate of drug-likeness (QED) is 0.810. The van der Waals surface area contributed by atoms with Crippen LogP contribution >= 0.6 is 0 Å². The molecule has 0 aromatic heterocycles. The molecule has 2 atom stereocenters. The molecule has 1 fully saturated rings. The summed E-state index contributed by atoms with van der Waals surface area (Å²) in [5.41, 5.74) is 7.99. The average Bonchev–Trinajstić information content (AvgIpc) is 2.82. The van der Waals surface area contributed by atoms with Crippen LogP contribution in [0, 0.1) is 5.92 Å². The molecule has 1 heterocycles. The molecule has 0 aliphatic carbocycles. The molecular formula is C17H29N3. The molecular weight excluding hydrogens is 246 g/mol. The summed E-state index contributed by atoms with van der Waals surface area (Å²) in [5.74, 6) is 1.46. The normalized spacial score (nSPS) is 21.5. The van der Waals surface area contributed by atoms with Gasteiger partial charge < -0.3 is 15.5 Å². The molecule has 20 heavy (non-hydrogen) atoms. The Bertz CT molecular complexity index is 401. The monoisotopic (exact) mass is 275 g/mol. The van der Waals surface area contributed by atoms with E-state index in [0.717, 1.165) is 11.6 Å². The van der Waals surface area contributed by atoms with Crippen LogP contribution in [0.15, 0.2) is 24.3 Å². The van der Waals surface area contributed by atoms with E-state index in [-0.39, 0.29) is 0 Å². The number of nitrogen functional groups attached to an aromatic ring is 1. The zero-order valence-electron chi connectivity index (χ0n) is 13.2. The second-order valence-corrected chi connectivity index (χ2v) is 6.54. The summed E-state index contributed by atoms with van der Waals surface area (Å²) in [7, 11) is 4.48. The van der Waals surface area contributed by atoms with Crippen LogP contribution in [0.3, 0.4) is 0 Å². The van der Waals surface area contributed by atoms with Crippen molar-refractivity contribution in [2.75, 3.05) is 46.0 Å². The molecule has 1 aromatic carbocycles. The Hall–Kier alpha value is -1.06. The van der Waals surface area contributed by atoms with Crippen LogP contribution in [-0.4, -0.2) is 50.1 Å². The first kappa shape index (κ1) is 15.3. The van der Waals surface area contributed by atoms with Crippen molar-refractivity contribution >= 4 is 5.69 Å². The van der Waals surface area contributed by atoms with Crippen molar-refractivity contribution in [3.8, 4) is 0 Å². The molecule has 0 bridgehead atoms. The molecule has 1 aliphatic rings. The molecule has 1 aliphatic heterocycles. The third kappa shape index (κ3) is 4.50. The van der Waals surface area contributed by atoms with Gasteiger partial charge in [-0.25, -0.2) is 0 Å². The van der Waals surface area contributed by atoms with Crippen LogP contribution in [0.1, 0.15) is 31.2 Å². The van der Waals surface area contributed by atoms with Gasteiger partial charge in [0, 0.05) is 18.8 Å². The lowest BCUT2D eigenvalue weighted by atomic mass is 9.97. The summed E-state index contributed by atoms with van der Waals surface area (Å²) < 4.78 is 0. The first-order valence-electron chi connectivity index (χ1n) is 7.77. The predicted octanol–water partition coefficient (Wildman–Crippen LogP) is 2.65. The highest BCUT2D eigenvalue weighted by molar-refractivity contribution is 5.40. The van der Waals surface area contributed by atoms with E-state index in [0.29, 0.717) is 5.92 Å². The summed E-state index contributed by atoms with van der Waals surface area (Å²) in [4.78, 5) is 4.94. The second-order valence-electron chi connectivity index (χ2n) is 6.54. The van der Waals surface area contributed by atoms with Gasteiger partial charge in [0.05, 0.1) is 0 Å². The zero-order chi connectivity index (χ0) is 14.5. The van der Waals surface area contributed by atoms with Gasteiger partial charge in [-0.05, 0) is 69.6 Å². The molecule has 0 saturated carbocycles. The van der Waals surface area contributed by atoms with Crippen LogP contribution in [-0.2, 0) is 0 Å². The van der Waals surface area contributed by atoms with Gasteiger partial charge in [0.1, 0.15) is 0 Å². The van der Waals surface area contributed by atoms with Gasteiger partial charge in [0.25, 0.3) is 0 Å². The molecule has 2 rings (SSSR count). The molecule has 3 nitrogen and oxygen atoms in total. The third-order valence-corrected chi connectivity index (χ3v) is 4.51. The summed E-state index contributed by atoms with van der Waals surface area (Å²) in [6.45, 7) is 7.24. The van der Waals surface area contributed by atoms with Crippen molar-refractivity contribution in [1.82, 2.24) is 9.80 Å². The zero-order valence-corrected chi connectivity index (χ0v) is 13.2. The summed E-state index contributed by atoms with van der Waals surface area (Å²) in [6.07, 6.45) is 2.57. The number of nitrogens with two attached hydrogens (primary N) is 1. The highest BCUT2D eigenvalue weighted by Gasteiger charge is 2.20. The number of anilines is 1. The molecule has 0 spiro atoms. The van der Waals surface area contributed by atoms with Gasteiger partial charge in [0.2, 0.25) is 0 Å². The predicted molar refractivity (Wildman–Crippen MR) is 87.0 cm³/mol. The second kappa shape index (κ2) is 7.09. The molecule has 3 heteroatoms. The Morgan fingerprint density at radius 3 is 2.65 bits per heavy atom. The molecule has 1 saturated heterocycles. The van der Waals surface area contributed by atoms with E-state index in [1.807, 2.05) is 12.1 Å². The lowest BCUT2D eigenvalue weighted by molar-refractivity contribution is 0.266. The molecule has 2 N–H and O–H groups in total. The Balaban J connectivity index is 1.72. The molecule has 2 unspecified atom stereocenters. The van der Waals surface area contributed by atoms with Gasteiger partial charge in [0.15, 0.2) is 0 Å². The van der Waals surface area contributed by atoms with Crippen molar-refractivity contribution in [2.45, 2.75) is 25.7 Å². The summed E-state index contributed by atoms with van der Waals surface area (Å²) >= 11 is 0. The van der Waals surface area contributed by atoms with Crippen molar-refractivity contribution in [3.63, 3.8) is 0 Å². The largest absolute Gasteiger partial charge is 0.399 e. The Morgan fingerprint density at radius 1 is 1.35 bits per heavy atom. The van der Waals surface area contributed by atoms with Crippen LogP contribution < -0.4 is 5.73 Å². The number of nitrogens with zero attached hydrogens (tertiary/aromatic N) is 2. The fourth-order valence-corrected chi connectivity index (χ4v) is 3.11. The summed E-state index contributed by atoms with van der Waals surface area (Å²) in [6, 6.07) is 8.33. The minimum Gasteiger partial charge on any atom is -0.399 e. The molecule has 0 radical (unpaired) electrons. The van der Waals surface area contributed by atoms with E-state index in [2.05, 4.69) is 43.0 Å². The number of rotatable bonds is 6. The molecule has 112 valence electrons. The van der Waals surface area contributed by atoms with Gasteiger partial charge in [-0.2, -0.15) is 0 Å². The fourth-order valence-electron chi connectivity index (χ4n) is 3.11. The lowest BCUT2D eigenvalue weighted by Gasteiger charge is -2.22. The first-order chi connectivity index (χ1) is 9.54. The van der Waals surface area contributed by atoms with Crippen LogP contribution in [0.4, 0.5) is 5.69 Å². The highest BCUT2D eigenvalue weighted by Crippen LogP contribution is 2.21. The van der Waals surface area contributed by atoms with Gasteiger partial charge in [-0.1, -0.05) is 19.1 Å². The maximum atomic E-state index is 5.74. The van der Waals surface area contributed by atoms with Gasteiger partial charge >= 0.3 is 0 Å². The van der Waals surface area contributed by atoms with Crippen molar-refractivity contribution in [3.05, 3.63) is 29.8 Å². The first-order valence-corrected chi connectivity index (χ1v) is 7.77. The maximum Gasteiger partial charge on any atom is 0.0314 e. The standard InChI is InChI=1S/C17H29N3/c1-14(16-4-6-17(18)7-5-16)8-10-19(2)12-15-9-11-20(3)13-15/h4-7,14-15H,8-13,18H2,1-3H3. The van der Waals surface area contributed by atoms with E-state index in [4.69, 9.17) is 5.73 Å². The Morgan fingerprint density at radius 2 is 2.05 bits per heavy atom. The minimum absolute atomic E-state index is 0.601. The van der Waals surface area contributed by atoms with E-state index >= 15 is 0 Å². The maximum absolute atomic E-state index is 5.74. The minimum atomic E-state index is 0.601.